The van der Waals surface area contributed by atoms with Crippen molar-refractivity contribution < 1.29 is 26.4 Å². The number of benzene rings is 2. The quantitative estimate of drug-likeness (QED) is 0.569. The summed E-state index contributed by atoms with van der Waals surface area (Å²) in [5.74, 6) is -0.262. The lowest BCUT2D eigenvalue weighted by Gasteiger charge is -2.31. The van der Waals surface area contributed by atoms with E-state index in [1.54, 1.807) is 32.0 Å². The third kappa shape index (κ3) is 5.85. The van der Waals surface area contributed by atoms with Crippen LogP contribution in [0.1, 0.15) is 30.9 Å². The number of piperidine rings is 1. The molecule has 1 N–H and O–H groups in total. The summed E-state index contributed by atoms with van der Waals surface area (Å²) in [6.45, 7) is 6.29. The lowest BCUT2D eigenvalue weighted by atomic mass is 9.98. The molecule has 192 valence electrons. The second-order valence-electron chi connectivity index (χ2n) is 8.82. The second kappa shape index (κ2) is 10.7. The Hall–Kier alpha value is -2.47. The molecular weight excluding hydrogens is 490 g/mol. The van der Waals surface area contributed by atoms with E-state index in [0.717, 1.165) is 9.87 Å². The molecule has 0 radical (unpaired) electrons. The maximum Gasteiger partial charge on any atom is 0.243 e. The fourth-order valence-electron chi connectivity index (χ4n) is 3.97. The van der Waals surface area contributed by atoms with Crippen LogP contribution in [0.25, 0.3) is 0 Å². The number of hydrogen-bond acceptors (Lipinski definition) is 6. The molecule has 2 aromatic carbocycles. The first kappa shape index (κ1) is 27.1. The maximum absolute atomic E-state index is 13.3. The average molecular weight is 524 g/mol. The van der Waals surface area contributed by atoms with E-state index in [2.05, 4.69) is 5.32 Å². The summed E-state index contributed by atoms with van der Waals surface area (Å²) in [5.41, 5.74) is 1.82. The van der Waals surface area contributed by atoms with Crippen LogP contribution in [0.4, 0.5) is 5.69 Å². The molecule has 35 heavy (non-hydrogen) atoms. The number of carbonyl (C=O) groups excluding carboxylic acids is 1. The first-order valence-electron chi connectivity index (χ1n) is 11.5. The lowest BCUT2D eigenvalue weighted by Crippen LogP contribution is -2.43. The molecule has 3 rings (SSSR count). The van der Waals surface area contributed by atoms with Gasteiger partial charge in [-0.1, -0.05) is 6.07 Å². The SMILES string of the molecule is CCOc1ccc(S(=O)(=O)N2CCC[C@H](C(=O)Nc3cc(S(=O)(=O)N(C)C)ccc3C)C2)cc1C. The van der Waals surface area contributed by atoms with Crippen LogP contribution < -0.4 is 10.1 Å². The van der Waals surface area contributed by atoms with E-state index in [0.29, 0.717) is 43.0 Å². The Balaban J connectivity index is 1.78. The van der Waals surface area contributed by atoms with E-state index in [1.165, 1.54) is 36.6 Å². The van der Waals surface area contributed by atoms with Crippen molar-refractivity contribution in [3.05, 3.63) is 47.5 Å². The van der Waals surface area contributed by atoms with Gasteiger partial charge in [0.15, 0.2) is 0 Å². The molecule has 1 fully saturated rings. The highest BCUT2D eigenvalue weighted by Gasteiger charge is 2.34. The minimum absolute atomic E-state index is 0.0508. The number of carbonyl (C=O) groups is 1. The van der Waals surface area contributed by atoms with Crippen LogP contribution in [0.15, 0.2) is 46.2 Å². The number of hydrogen-bond donors (Lipinski definition) is 1. The van der Waals surface area contributed by atoms with Crippen LogP contribution in [-0.2, 0) is 24.8 Å². The molecule has 1 atom stereocenters. The first-order chi connectivity index (χ1) is 16.4. The predicted molar refractivity (Wildman–Crippen MR) is 135 cm³/mol. The minimum atomic E-state index is -3.79. The summed E-state index contributed by atoms with van der Waals surface area (Å²) in [6, 6.07) is 9.33. The predicted octanol–water partition coefficient (Wildman–Crippen LogP) is 2.99. The van der Waals surface area contributed by atoms with Crippen molar-refractivity contribution in [2.75, 3.05) is 39.1 Å². The van der Waals surface area contributed by atoms with Gasteiger partial charge in [-0.2, -0.15) is 4.31 Å². The van der Waals surface area contributed by atoms with Gasteiger partial charge in [-0.25, -0.2) is 21.1 Å². The van der Waals surface area contributed by atoms with Gasteiger partial charge in [-0.15, -0.1) is 0 Å². The van der Waals surface area contributed by atoms with Crippen LogP contribution >= 0.6 is 0 Å². The molecule has 0 unspecified atom stereocenters. The Bertz CT molecular complexity index is 1310. The zero-order valence-electron chi connectivity index (χ0n) is 20.7. The Morgan fingerprint density at radius 2 is 1.74 bits per heavy atom. The lowest BCUT2D eigenvalue weighted by molar-refractivity contribution is -0.120. The number of nitrogens with one attached hydrogen (secondary N) is 1. The van der Waals surface area contributed by atoms with Crippen LogP contribution in [-0.4, -0.2) is 65.1 Å². The Kier molecular flexibility index (Phi) is 8.25. The third-order valence-electron chi connectivity index (χ3n) is 6.08. The van der Waals surface area contributed by atoms with Gasteiger partial charge in [0.2, 0.25) is 26.0 Å². The zero-order valence-corrected chi connectivity index (χ0v) is 22.4. The average Bonchev–Trinajstić information content (AvgIpc) is 2.81. The van der Waals surface area contributed by atoms with Gasteiger partial charge in [0.05, 0.1) is 22.3 Å². The minimum Gasteiger partial charge on any atom is -0.494 e. The summed E-state index contributed by atoms with van der Waals surface area (Å²) in [7, 11) is -4.57. The van der Waals surface area contributed by atoms with E-state index in [9.17, 15) is 21.6 Å². The molecular formula is C24H33N3O6S2. The van der Waals surface area contributed by atoms with Crippen LogP contribution in [0.5, 0.6) is 5.75 Å². The van der Waals surface area contributed by atoms with E-state index >= 15 is 0 Å². The topological polar surface area (TPSA) is 113 Å². The van der Waals surface area contributed by atoms with Gasteiger partial charge in [0.25, 0.3) is 0 Å². The highest BCUT2D eigenvalue weighted by Crippen LogP contribution is 2.29. The normalized spacial score (nSPS) is 17.4. The van der Waals surface area contributed by atoms with Gasteiger partial charge in [0.1, 0.15) is 5.75 Å². The summed E-state index contributed by atoms with van der Waals surface area (Å²) in [5, 5.41) is 2.81. The third-order valence-corrected chi connectivity index (χ3v) is 9.76. The number of aryl methyl sites for hydroxylation is 2. The smallest absolute Gasteiger partial charge is 0.243 e. The number of ether oxygens (including phenoxy) is 1. The van der Waals surface area contributed by atoms with Crippen molar-refractivity contribution in [3.63, 3.8) is 0 Å². The fourth-order valence-corrected chi connectivity index (χ4v) is 6.50. The zero-order chi connectivity index (χ0) is 26.0. The molecule has 0 aliphatic carbocycles. The van der Waals surface area contributed by atoms with Crippen LogP contribution in [0.2, 0.25) is 0 Å². The van der Waals surface area contributed by atoms with Crippen LogP contribution in [0.3, 0.4) is 0 Å². The molecule has 0 spiro atoms. The molecule has 11 heteroatoms. The van der Waals surface area contributed by atoms with Crippen molar-refractivity contribution in [1.29, 1.82) is 0 Å². The van der Waals surface area contributed by atoms with Gasteiger partial charge in [-0.3, -0.25) is 4.79 Å². The highest BCUT2D eigenvalue weighted by atomic mass is 32.2. The number of nitrogens with zero attached hydrogens (tertiary/aromatic N) is 2. The van der Waals surface area contributed by atoms with Crippen molar-refractivity contribution in [2.45, 2.75) is 43.4 Å². The van der Waals surface area contributed by atoms with Gasteiger partial charge < -0.3 is 10.1 Å². The standard InChI is InChI=1S/C24H33N3O6S2/c1-6-33-23-12-11-20(14-18(23)3)35(31,32)27-13-7-8-19(16-27)24(28)25-22-15-21(10-9-17(22)2)34(29,30)26(4)5/h9-12,14-15,19H,6-8,13,16H2,1-5H3,(H,25,28)/t19-/m0/s1. The summed E-state index contributed by atoms with van der Waals surface area (Å²) >= 11 is 0. The van der Waals surface area contributed by atoms with Crippen molar-refractivity contribution in [3.8, 4) is 5.75 Å². The second-order valence-corrected chi connectivity index (χ2v) is 12.9. The Morgan fingerprint density at radius 3 is 2.37 bits per heavy atom. The van der Waals surface area contributed by atoms with E-state index < -0.39 is 26.0 Å². The Morgan fingerprint density at radius 1 is 1.06 bits per heavy atom. The van der Waals surface area contributed by atoms with Crippen LogP contribution in [0, 0.1) is 19.8 Å². The summed E-state index contributed by atoms with van der Waals surface area (Å²) < 4.78 is 59.5. The highest BCUT2D eigenvalue weighted by molar-refractivity contribution is 7.89. The largest absolute Gasteiger partial charge is 0.494 e. The molecule has 0 aromatic heterocycles. The van der Waals surface area contributed by atoms with E-state index in [-0.39, 0.29) is 22.2 Å². The molecule has 0 bridgehead atoms. The fraction of sp³-hybridized carbons (Fsp3) is 0.458. The first-order valence-corrected chi connectivity index (χ1v) is 14.3. The summed E-state index contributed by atoms with van der Waals surface area (Å²) in [4.78, 5) is 13.3. The molecule has 1 heterocycles. The molecule has 9 nitrogen and oxygen atoms in total. The summed E-state index contributed by atoms with van der Waals surface area (Å²) in [6.07, 6.45) is 1.08. The van der Waals surface area contributed by atoms with Crippen molar-refractivity contribution in [2.24, 2.45) is 5.92 Å². The molecule has 2 aromatic rings. The molecule has 1 aliphatic rings. The molecule has 1 amide bonds. The van der Waals surface area contributed by atoms with E-state index in [1.807, 2.05) is 6.92 Å². The number of rotatable bonds is 8. The number of amides is 1. The molecule has 1 aliphatic heterocycles. The molecule has 1 saturated heterocycles. The monoisotopic (exact) mass is 523 g/mol. The van der Waals surface area contributed by atoms with Gasteiger partial charge in [-0.05, 0) is 75.1 Å². The molecule has 0 saturated carbocycles. The van der Waals surface area contributed by atoms with Gasteiger partial charge >= 0.3 is 0 Å². The van der Waals surface area contributed by atoms with Gasteiger partial charge in [0, 0.05) is 32.9 Å². The maximum atomic E-state index is 13.3. The van der Waals surface area contributed by atoms with Crippen molar-refractivity contribution in [1.82, 2.24) is 8.61 Å². The van der Waals surface area contributed by atoms with Crippen molar-refractivity contribution >= 4 is 31.6 Å². The number of sulfonamides is 2. The number of anilines is 1. The van der Waals surface area contributed by atoms with E-state index in [4.69, 9.17) is 4.74 Å². The Labute approximate surface area is 208 Å².